The van der Waals surface area contributed by atoms with Gasteiger partial charge in [-0.1, -0.05) is 59.6 Å². The van der Waals surface area contributed by atoms with E-state index in [4.69, 9.17) is 23.2 Å². The fourth-order valence-electron chi connectivity index (χ4n) is 2.34. The first kappa shape index (κ1) is 18.7. The molecule has 1 aliphatic heterocycles. The molecule has 0 spiro atoms. The number of amides is 2. The average Bonchev–Trinajstić information content (AvgIpc) is 2.87. The maximum atomic E-state index is 13.9. The van der Waals surface area contributed by atoms with Crippen molar-refractivity contribution in [1.82, 2.24) is 4.90 Å². The summed E-state index contributed by atoms with van der Waals surface area (Å²) in [7, 11) is 0. The minimum atomic E-state index is -0.556. The number of thioether (sulfide) groups is 1. The van der Waals surface area contributed by atoms with Crippen LogP contribution in [0.25, 0.3) is 6.08 Å². The molecule has 1 fully saturated rings. The van der Waals surface area contributed by atoms with Crippen LogP contribution in [0.3, 0.4) is 0 Å². The third kappa shape index (κ3) is 4.01. The fourth-order valence-corrected chi connectivity index (χ4v) is 3.55. The second kappa shape index (κ2) is 8.08. The molecule has 0 aliphatic carbocycles. The van der Waals surface area contributed by atoms with E-state index >= 15 is 0 Å². The van der Waals surface area contributed by atoms with E-state index in [1.54, 1.807) is 18.2 Å². The van der Waals surface area contributed by atoms with Crippen LogP contribution in [0.4, 0.5) is 9.18 Å². The van der Waals surface area contributed by atoms with Crippen LogP contribution >= 0.6 is 35.0 Å². The van der Waals surface area contributed by atoms with Gasteiger partial charge in [0.1, 0.15) is 5.82 Å². The van der Waals surface area contributed by atoms with Crippen LogP contribution in [-0.4, -0.2) is 16.0 Å². The number of carbonyl (C=O) groups excluding carboxylic acids is 2. The van der Waals surface area contributed by atoms with Crippen molar-refractivity contribution in [3.05, 3.63) is 86.5 Å². The number of carbonyl (C=O) groups is 2. The first-order valence-electron chi connectivity index (χ1n) is 7.57. The number of allylic oxidation sites excluding steroid dienone is 2. The summed E-state index contributed by atoms with van der Waals surface area (Å²) in [6.07, 6.45) is 4.93. The minimum absolute atomic E-state index is 0.115. The molecule has 132 valence electrons. The first-order valence-corrected chi connectivity index (χ1v) is 9.14. The molecule has 2 aromatic carbocycles. The smallest absolute Gasteiger partial charge is 0.268 e. The van der Waals surface area contributed by atoms with Crippen LogP contribution in [-0.2, 0) is 11.3 Å². The lowest BCUT2D eigenvalue weighted by atomic mass is 10.2. The second-order valence-corrected chi connectivity index (χ2v) is 7.18. The molecule has 0 radical (unpaired) electrons. The Labute approximate surface area is 164 Å². The Kier molecular flexibility index (Phi) is 5.81. The zero-order chi connectivity index (χ0) is 18.7. The summed E-state index contributed by atoms with van der Waals surface area (Å²) >= 11 is 12.8. The van der Waals surface area contributed by atoms with Crippen LogP contribution in [0.15, 0.2) is 59.5 Å². The van der Waals surface area contributed by atoms with E-state index in [2.05, 4.69) is 0 Å². The van der Waals surface area contributed by atoms with Crippen molar-refractivity contribution in [2.45, 2.75) is 6.54 Å². The summed E-state index contributed by atoms with van der Waals surface area (Å²) in [5, 5.41) is 0.290. The van der Waals surface area contributed by atoms with Gasteiger partial charge in [-0.05, 0) is 41.6 Å². The molecular weight excluding hydrogens is 396 g/mol. The van der Waals surface area contributed by atoms with E-state index in [1.165, 1.54) is 24.3 Å². The molecule has 0 aromatic heterocycles. The number of nitrogens with zero attached hydrogens (tertiary/aromatic N) is 1. The largest absolute Gasteiger partial charge is 0.293 e. The number of hydrogen-bond donors (Lipinski definition) is 0. The van der Waals surface area contributed by atoms with Gasteiger partial charge in [-0.15, -0.1) is 0 Å². The van der Waals surface area contributed by atoms with Gasteiger partial charge >= 0.3 is 0 Å². The highest BCUT2D eigenvalue weighted by molar-refractivity contribution is 8.18. The number of hydrogen-bond acceptors (Lipinski definition) is 3. The van der Waals surface area contributed by atoms with E-state index in [-0.39, 0.29) is 22.0 Å². The van der Waals surface area contributed by atoms with Gasteiger partial charge in [0.2, 0.25) is 0 Å². The van der Waals surface area contributed by atoms with E-state index in [1.807, 2.05) is 18.2 Å². The predicted molar refractivity (Wildman–Crippen MR) is 104 cm³/mol. The molecule has 2 aromatic rings. The second-order valence-electron chi connectivity index (χ2n) is 5.37. The summed E-state index contributed by atoms with van der Waals surface area (Å²) in [5.74, 6) is -1.04. The molecule has 0 N–H and O–H groups in total. The minimum Gasteiger partial charge on any atom is -0.268 e. The average molecular weight is 408 g/mol. The van der Waals surface area contributed by atoms with Gasteiger partial charge in [0.15, 0.2) is 0 Å². The van der Waals surface area contributed by atoms with Gasteiger partial charge in [-0.2, -0.15) is 0 Å². The standard InChI is InChI=1S/C19H12Cl2FNO2S/c20-14-7-2-1-5-12(14)6-3-10-17-18(24)23(19(25)26-17)11-13-15(21)8-4-9-16(13)22/h1-10H,11H2/b6-3+,17-10-. The Morgan fingerprint density at radius 2 is 1.77 bits per heavy atom. The van der Waals surface area contributed by atoms with E-state index in [0.29, 0.717) is 5.02 Å². The number of imide groups is 1. The molecule has 0 unspecified atom stereocenters. The van der Waals surface area contributed by atoms with Crippen molar-refractivity contribution in [2.75, 3.05) is 0 Å². The molecular formula is C19H12Cl2FNO2S. The SMILES string of the molecule is O=C1S/C(=C\C=C\c2ccccc2Cl)C(=O)N1Cc1c(F)cccc1Cl. The molecule has 7 heteroatoms. The molecule has 1 aliphatic rings. The molecule has 3 nitrogen and oxygen atoms in total. The number of benzene rings is 2. The van der Waals surface area contributed by atoms with Crippen LogP contribution < -0.4 is 0 Å². The summed E-state index contributed by atoms with van der Waals surface area (Å²) in [5.41, 5.74) is 0.909. The van der Waals surface area contributed by atoms with Crippen molar-refractivity contribution in [1.29, 1.82) is 0 Å². The Bertz CT molecular complexity index is 923. The fraction of sp³-hybridized carbons (Fsp3) is 0.0526. The Hall–Kier alpha value is -2.08. The highest BCUT2D eigenvalue weighted by Crippen LogP contribution is 2.33. The van der Waals surface area contributed by atoms with Gasteiger partial charge in [0, 0.05) is 15.6 Å². The van der Waals surface area contributed by atoms with Gasteiger partial charge in [-0.25, -0.2) is 4.39 Å². The molecule has 26 heavy (non-hydrogen) atoms. The van der Waals surface area contributed by atoms with Crippen LogP contribution in [0.1, 0.15) is 11.1 Å². The molecule has 1 saturated heterocycles. The third-order valence-corrected chi connectivity index (χ3v) is 5.30. The van der Waals surface area contributed by atoms with Gasteiger partial charge in [0.25, 0.3) is 11.1 Å². The zero-order valence-electron chi connectivity index (χ0n) is 13.3. The lowest BCUT2D eigenvalue weighted by Crippen LogP contribution is -2.28. The maximum Gasteiger partial charge on any atom is 0.293 e. The van der Waals surface area contributed by atoms with Gasteiger partial charge < -0.3 is 0 Å². The van der Waals surface area contributed by atoms with E-state index in [9.17, 15) is 14.0 Å². The topological polar surface area (TPSA) is 37.4 Å². The van der Waals surface area contributed by atoms with Crippen molar-refractivity contribution in [3.63, 3.8) is 0 Å². The molecule has 0 atom stereocenters. The zero-order valence-corrected chi connectivity index (χ0v) is 15.6. The number of rotatable bonds is 4. The first-order chi connectivity index (χ1) is 12.5. The Balaban J connectivity index is 1.77. The van der Waals surface area contributed by atoms with E-state index < -0.39 is 17.0 Å². The highest BCUT2D eigenvalue weighted by atomic mass is 35.5. The van der Waals surface area contributed by atoms with Crippen LogP contribution in [0, 0.1) is 5.82 Å². The number of halogens is 3. The third-order valence-electron chi connectivity index (χ3n) is 3.68. The predicted octanol–water partition coefficient (Wildman–Crippen LogP) is 5.93. The maximum absolute atomic E-state index is 13.9. The quantitative estimate of drug-likeness (QED) is 0.589. The summed E-state index contributed by atoms with van der Waals surface area (Å²) < 4.78 is 13.9. The molecule has 1 heterocycles. The van der Waals surface area contributed by atoms with Crippen molar-refractivity contribution < 1.29 is 14.0 Å². The van der Waals surface area contributed by atoms with Crippen molar-refractivity contribution >= 4 is 52.2 Å². The monoisotopic (exact) mass is 407 g/mol. The Morgan fingerprint density at radius 1 is 1.04 bits per heavy atom. The van der Waals surface area contributed by atoms with E-state index in [0.717, 1.165) is 22.2 Å². The van der Waals surface area contributed by atoms with Crippen LogP contribution in [0.2, 0.25) is 10.0 Å². The molecule has 0 bridgehead atoms. The summed E-state index contributed by atoms with van der Waals surface area (Å²) in [6, 6.07) is 11.5. The van der Waals surface area contributed by atoms with Gasteiger partial charge in [-0.3, -0.25) is 14.5 Å². The molecule has 3 rings (SSSR count). The normalized spacial score (nSPS) is 16.3. The lowest BCUT2D eigenvalue weighted by Gasteiger charge is -2.14. The van der Waals surface area contributed by atoms with Crippen molar-refractivity contribution in [2.24, 2.45) is 0 Å². The molecule has 0 saturated carbocycles. The van der Waals surface area contributed by atoms with Gasteiger partial charge in [0.05, 0.1) is 11.4 Å². The lowest BCUT2D eigenvalue weighted by molar-refractivity contribution is -0.123. The molecule has 2 amide bonds. The summed E-state index contributed by atoms with van der Waals surface area (Å²) in [4.78, 5) is 25.8. The Morgan fingerprint density at radius 3 is 2.50 bits per heavy atom. The van der Waals surface area contributed by atoms with Crippen molar-refractivity contribution in [3.8, 4) is 0 Å². The van der Waals surface area contributed by atoms with Crippen LogP contribution in [0.5, 0.6) is 0 Å². The summed E-state index contributed by atoms with van der Waals surface area (Å²) in [6.45, 7) is -0.207. The highest BCUT2D eigenvalue weighted by Gasteiger charge is 2.35.